The molecule has 17 heavy (non-hydrogen) atoms. The van der Waals surface area contributed by atoms with Crippen molar-refractivity contribution in [3.63, 3.8) is 0 Å². The van der Waals surface area contributed by atoms with Crippen molar-refractivity contribution >= 4 is 23.4 Å². The molecule has 1 N–H and O–H groups in total. The largest absolute Gasteiger partial charge is 0.385 e. The van der Waals surface area contributed by atoms with Gasteiger partial charge in [-0.15, -0.1) is 0 Å². The van der Waals surface area contributed by atoms with Gasteiger partial charge in [0.1, 0.15) is 0 Å². The average molecular weight is 251 g/mol. The Kier molecular flexibility index (Phi) is 3.59. The first-order valence-electron chi connectivity index (χ1n) is 5.70. The van der Waals surface area contributed by atoms with Gasteiger partial charge in [-0.25, -0.2) is 4.98 Å². The van der Waals surface area contributed by atoms with Gasteiger partial charge in [-0.3, -0.25) is 4.57 Å². The summed E-state index contributed by atoms with van der Waals surface area (Å²) in [6, 6.07) is 2.27. The number of pyridine rings is 1. The fraction of sp³-hybridized carbons (Fsp3) is 0.500. The molecule has 0 fully saturated rings. The van der Waals surface area contributed by atoms with E-state index in [1.54, 1.807) is 7.11 Å². The van der Waals surface area contributed by atoms with Gasteiger partial charge in [-0.05, 0) is 44.1 Å². The summed E-state index contributed by atoms with van der Waals surface area (Å²) in [5, 5.41) is 0. The van der Waals surface area contributed by atoms with Gasteiger partial charge in [0.05, 0.1) is 5.52 Å². The molecule has 0 saturated heterocycles. The number of nitrogens with zero attached hydrogens (tertiary/aromatic N) is 2. The maximum absolute atomic E-state index is 5.37. The van der Waals surface area contributed by atoms with Crippen LogP contribution in [0.5, 0.6) is 0 Å². The van der Waals surface area contributed by atoms with E-state index in [-0.39, 0.29) is 6.04 Å². The van der Waals surface area contributed by atoms with E-state index < -0.39 is 0 Å². The van der Waals surface area contributed by atoms with Crippen LogP contribution in [0, 0.1) is 11.7 Å². The number of rotatable bonds is 4. The molecule has 0 spiro atoms. The number of methoxy groups -OCH3 is 1. The highest BCUT2D eigenvalue weighted by Gasteiger charge is 2.12. The summed E-state index contributed by atoms with van der Waals surface area (Å²) < 4.78 is 7.90. The van der Waals surface area contributed by atoms with E-state index in [0.29, 0.717) is 0 Å². The van der Waals surface area contributed by atoms with Crippen molar-refractivity contribution in [1.82, 2.24) is 14.5 Å². The first kappa shape index (κ1) is 12.3. The van der Waals surface area contributed by atoms with Crippen LogP contribution in [-0.2, 0) is 4.74 Å². The predicted molar refractivity (Wildman–Crippen MR) is 70.9 cm³/mol. The second-order valence-electron chi connectivity index (χ2n) is 4.26. The van der Waals surface area contributed by atoms with Crippen molar-refractivity contribution in [2.45, 2.75) is 26.3 Å². The molecule has 1 unspecified atom stereocenters. The molecule has 0 amide bonds. The lowest BCUT2D eigenvalue weighted by Gasteiger charge is -2.13. The molecule has 0 aromatic carbocycles. The van der Waals surface area contributed by atoms with Gasteiger partial charge in [0, 0.05) is 26.0 Å². The van der Waals surface area contributed by atoms with Crippen LogP contribution in [-0.4, -0.2) is 28.3 Å². The molecule has 2 heterocycles. The van der Waals surface area contributed by atoms with Crippen LogP contribution in [0.25, 0.3) is 11.2 Å². The molecular formula is C12H17N3OS. The van der Waals surface area contributed by atoms with E-state index in [4.69, 9.17) is 17.0 Å². The lowest BCUT2D eigenvalue weighted by atomic mass is 10.2. The van der Waals surface area contributed by atoms with Crippen molar-refractivity contribution in [1.29, 1.82) is 0 Å². The molecule has 5 heteroatoms. The van der Waals surface area contributed by atoms with Gasteiger partial charge >= 0.3 is 0 Å². The van der Waals surface area contributed by atoms with Gasteiger partial charge in [0.15, 0.2) is 10.4 Å². The van der Waals surface area contributed by atoms with Gasteiger partial charge in [0.2, 0.25) is 0 Å². The monoisotopic (exact) mass is 251 g/mol. The lowest BCUT2D eigenvalue weighted by Crippen LogP contribution is -2.08. The molecule has 4 nitrogen and oxygen atoms in total. The summed E-state index contributed by atoms with van der Waals surface area (Å²) in [6.07, 6.45) is 2.74. The Morgan fingerprint density at radius 3 is 3.06 bits per heavy atom. The SMILES string of the molecule is COCCC(C)n1c(=S)[nH]c2c(C)ccnc21. The number of ether oxygens (including phenoxy) is 1. The number of aryl methyl sites for hydroxylation is 1. The van der Waals surface area contributed by atoms with Crippen molar-refractivity contribution in [2.75, 3.05) is 13.7 Å². The zero-order chi connectivity index (χ0) is 12.4. The average Bonchev–Trinajstić information content (AvgIpc) is 2.64. The Balaban J connectivity index is 2.50. The summed E-state index contributed by atoms with van der Waals surface area (Å²) >= 11 is 5.37. The quantitative estimate of drug-likeness (QED) is 0.849. The van der Waals surface area contributed by atoms with E-state index in [1.165, 1.54) is 5.56 Å². The number of nitrogens with one attached hydrogen (secondary N) is 1. The minimum atomic E-state index is 0.283. The number of aromatic amines is 1. The Labute approximate surface area is 106 Å². The van der Waals surface area contributed by atoms with Crippen LogP contribution in [0.4, 0.5) is 0 Å². The van der Waals surface area contributed by atoms with Crippen LogP contribution < -0.4 is 0 Å². The fourth-order valence-corrected chi connectivity index (χ4v) is 2.34. The molecule has 0 bridgehead atoms. The summed E-state index contributed by atoms with van der Waals surface area (Å²) in [7, 11) is 1.71. The maximum atomic E-state index is 5.37. The molecule has 1 atom stereocenters. The minimum Gasteiger partial charge on any atom is -0.385 e. The summed E-state index contributed by atoms with van der Waals surface area (Å²) in [5.41, 5.74) is 3.12. The highest BCUT2D eigenvalue weighted by molar-refractivity contribution is 7.71. The van der Waals surface area contributed by atoms with E-state index in [2.05, 4.69) is 28.4 Å². The smallest absolute Gasteiger partial charge is 0.179 e. The highest BCUT2D eigenvalue weighted by Crippen LogP contribution is 2.21. The van der Waals surface area contributed by atoms with E-state index >= 15 is 0 Å². The minimum absolute atomic E-state index is 0.283. The van der Waals surface area contributed by atoms with Crippen molar-refractivity contribution in [3.8, 4) is 0 Å². The number of imidazole rings is 1. The van der Waals surface area contributed by atoms with Crippen LogP contribution in [0.3, 0.4) is 0 Å². The van der Waals surface area contributed by atoms with E-state index in [0.717, 1.165) is 29.0 Å². The third-order valence-electron chi connectivity index (χ3n) is 3.00. The van der Waals surface area contributed by atoms with E-state index in [1.807, 2.05) is 12.3 Å². The maximum Gasteiger partial charge on any atom is 0.179 e. The highest BCUT2D eigenvalue weighted by atomic mass is 32.1. The molecule has 0 aliphatic rings. The fourth-order valence-electron chi connectivity index (χ4n) is 1.97. The topological polar surface area (TPSA) is 42.8 Å². The first-order valence-corrected chi connectivity index (χ1v) is 6.10. The predicted octanol–water partition coefficient (Wildman–Crippen LogP) is 3.00. The summed E-state index contributed by atoms with van der Waals surface area (Å²) in [4.78, 5) is 7.64. The Bertz CT molecular complexity index is 573. The molecule has 2 aromatic heterocycles. The van der Waals surface area contributed by atoms with E-state index in [9.17, 15) is 0 Å². The van der Waals surface area contributed by atoms with Gasteiger partial charge < -0.3 is 9.72 Å². The van der Waals surface area contributed by atoms with Crippen LogP contribution >= 0.6 is 12.2 Å². The zero-order valence-corrected chi connectivity index (χ0v) is 11.2. The second-order valence-corrected chi connectivity index (χ2v) is 4.64. The van der Waals surface area contributed by atoms with Gasteiger partial charge in [-0.2, -0.15) is 0 Å². The first-order chi connectivity index (χ1) is 8.15. The molecule has 2 aromatic rings. The van der Waals surface area contributed by atoms with Crippen LogP contribution in [0.1, 0.15) is 24.9 Å². The molecular weight excluding hydrogens is 234 g/mol. The standard InChI is InChI=1S/C12H17N3OS/c1-8-4-6-13-11-10(8)14-12(17)15(11)9(2)5-7-16-3/h4,6,9H,5,7H2,1-3H3,(H,14,17). The molecule has 2 rings (SSSR count). The third-order valence-corrected chi connectivity index (χ3v) is 3.30. The number of hydrogen-bond donors (Lipinski definition) is 1. The normalized spacial score (nSPS) is 13.1. The number of H-pyrrole nitrogens is 1. The Hall–Kier alpha value is -1.20. The summed E-state index contributed by atoms with van der Waals surface area (Å²) in [5.74, 6) is 0. The zero-order valence-electron chi connectivity index (χ0n) is 10.4. The summed E-state index contributed by atoms with van der Waals surface area (Å²) in [6.45, 7) is 4.91. The number of aromatic nitrogens is 3. The van der Waals surface area contributed by atoms with Crippen molar-refractivity contribution < 1.29 is 4.74 Å². The molecule has 0 aliphatic heterocycles. The third kappa shape index (κ3) is 2.25. The van der Waals surface area contributed by atoms with Crippen LogP contribution in [0.2, 0.25) is 0 Å². The molecule has 92 valence electrons. The number of hydrogen-bond acceptors (Lipinski definition) is 3. The second kappa shape index (κ2) is 4.98. The lowest BCUT2D eigenvalue weighted by molar-refractivity contribution is 0.181. The van der Waals surface area contributed by atoms with Gasteiger partial charge in [0.25, 0.3) is 0 Å². The molecule has 0 radical (unpaired) electrons. The van der Waals surface area contributed by atoms with Crippen molar-refractivity contribution in [2.24, 2.45) is 0 Å². The molecule has 0 aliphatic carbocycles. The van der Waals surface area contributed by atoms with Gasteiger partial charge in [-0.1, -0.05) is 0 Å². The molecule has 0 saturated carbocycles. The van der Waals surface area contributed by atoms with Crippen molar-refractivity contribution in [3.05, 3.63) is 22.6 Å². The van der Waals surface area contributed by atoms with Crippen LogP contribution in [0.15, 0.2) is 12.3 Å². The Morgan fingerprint density at radius 2 is 2.35 bits per heavy atom. The Morgan fingerprint density at radius 1 is 1.59 bits per heavy atom. The number of fused-ring (bicyclic) bond motifs is 1.